The first-order valence-electron chi connectivity index (χ1n) is 24.9. The molecule has 3 fully saturated rings. The molecule has 11 nitrogen and oxygen atoms in total. The first-order chi connectivity index (χ1) is 35.7. The maximum atomic E-state index is 7.55. The minimum atomic E-state index is -1.06. The van der Waals surface area contributed by atoms with Gasteiger partial charge in [0.1, 0.15) is 48.8 Å². The van der Waals surface area contributed by atoms with Crippen LogP contribution < -0.4 is 0 Å². The van der Waals surface area contributed by atoms with Crippen LogP contribution in [0.1, 0.15) is 45.2 Å². The van der Waals surface area contributed by atoms with Crippen molar-refractivity contribution in [1.29, 1.82) is 0 Å². The smallest absolute Gasteiger partial charge is 0.187 e. The Morgan fingerprint density at radius 1 is 0.347 bits per heavy atom. The van der Waals surface area contributed by atoms with E-state index in [2.05, 4.69) is 0 Å². The quantitative estimate of drug-likeness (QED) is 0.0649. The van der Waals surface area contributed by atoms with Crippen LogP contribution in [0, 0.1) is 0 Å². The average Bonchev–Trinajstić information content (AvgIpc) is 3.44. The van der Waals surface area contributed by atoms with Gasteiger partial charge in [-0.1, -0.05) is 212 Å². The van der Waals surface area contributed by atoms with Gasteiger partial charge >= 0.3 is 0 Å². The Morgan fingerprint density at radius 2 is 0.736 bits per heavy atom. The van der Waals surface area contributed by atoms with E-state index in [9.17, 15) is 0 Å². The molecule has 372 valence electrons. The van der Waals surface area contributed by atoms with Gasteiger partial charge in [-0.05, 0) is 33.4 Å². The summed E-state index contributed by atoms with van der Waals surface area (Å²) in [7, 11) is 0. The molecule has 7 aromatic rings. The van der Waals surface area contributed by atoms with E-state index in [0.717, 1.165) is 38.9 Å². The molecule has 0 aromatic heterocycles. The molecular formula is C61H62O11. The van der Waals surface area contributed by atoms with Crippen LogP contribution in [0.4, 0.5) is 0 Å². The molecule has 72 heavy (non-hydrogen) atoms. The van der Waals surface area contributed by atoms with Gasteiger partial charge in [0.15, 0.2) is 18.9 Å². The van der Waals surface area contributed by atoms with Crippen LogP contribution in [-0.4, -0.2) is 74.6 Å². The number of hydrogen-bond acceptors (Lipinski definition) is 11. The molecule has 0 aliphatic carbocycles. The lowest BCUT2D eigenvalue weighted by molar-refractivity contribution is -0.399. The molecule has 3 aliphatic heterocycles. The molecule has 3 saturated heterocycles. The van der Waals surface area contributed by atoms with Crippen molar-refractivity contribution in [2.75, 3.05) is 13.2 Å². The zero-order valence-corrected chi connectivity index (χ0v) is 40.2. The van der Waals surface area contributed by atoms with E-state index < -0.39 is 67.7 Å². The number of fused-ring (bicyclic) bond motifs is 1. The number of hydrogen-bond donors (Lipinski definition) is 0. The highest BCUT2D eigenvalue weighted by Gasteiger charge is 2.56. The largest absolute Gasteiger partial charge is 0.374 e. The Bertz CT molecular complexity index is 2600. The fraction of sp³-hybridized carbons (Fsp3) is 0.311. The Labute approximate surface area is 422 Å². The van der Waals surface area contributed by atoms with Crippen molar-refractivity contribution < 1.29 is 52.1 Å². The Kier molecular flexibility index (Phi) is 17.7. The molecular weight excluding hydrogens is 909 g/mol. The summed E-state index contributed by atoms with van der Waals surface area (Å²) in [5.41, 5.74) is 6.80. The van der Waals surface area contributed by atoms with Crippen LogP contribution in [0.25, 0.3) is 0 Å². The third-order valence-electron chi connectivity index (χ3n) is 13.0. The summed E-state index contributed by atoms with van der Waals surface area (Å²) in [5, 5.41) is 0. The van der Waals surface area contributed by atoms with Gasteiger partial charge < -0.3 is 52.1 Å². The molecule has 7 aromatic carbocycles. The van der Waals surface area contributed by atoms with E-state index in [0.29, 0.717) is 6.61 Å². The van der Waals surface area contributed by atoms with Crippen molar-refractivity contribution in [3.8, 4) is 0 Å². The SMILES string of the molecule is c1ccc(COC[C@H]2O[C@H](OCc3ccccc3)[C@H](OCc3ccccc3)[C@@H](O[C@@H]3O[C@@H]4COC(c5ccccc5)O[C@H]4[C@H](OCc4ccccc4)[C@@H]3OCc3ccccc3)[C@@H]2OCc2ccccc2)cc1. The second-order valence-electron chi connectivity index (χ2n) is 18.2. The molecule has 1 unspecified atom stereocenters. The molecule has 0 radical (unpaired) electrons. The topological polar surface area (TPSA) is 102 Å². The average molecular weight is 971 g/mol. The van der Waals surface area contributed by atoms with Gasteiger partial charge in [0.25, 0.3) is 0 Å². The lowest BCUT2D eigenvalue weighted by Gasteiger charge is -2.51. The highest BCUT2D eigenvalue weighted by molar-refractivity contribution is 5.20. The minimum absolute atomic E-state index is 0.153. The maximum absolute atomic E-state index is 7.55. The van der Waals surface area contributed by atoms with Gasteiger partial charge in [0, 0.05) is 5.56 Å². The lowest BCUT2D eigenvalue weighted by atomic mass is 9.95. The van der Waals surface area contributed by atoms with Gasteiger partial charge in [-0.15, -0.1) is 0 Å². The molecule has 11 atom stereocenters. The second kappa shape index (κ2) is 25.7. The van der Waals surface area contributed by atoms with Crippen molar-refractivity contribution in [3.05, 3.63) is 251 Å². The zero-order chi connectivity index (χ0) is 48.6. The summed E-state index contributed by atoms with van der Waals surface area (Å²) in [4.78, 5) is 0. The van der Waals surface area contributed by atoms with Crippen LogP contribution in [0.15, 0.2) is 212 Å². The molecule has 0 bridgehead atoms. The zero-order valence-electron chi connectivity index (χ0n) is 40.2. The summed E-state index contributed by atoms with van der Waals surface area (Å²) in [6, 6.07) is 70.2. The van der Waals surface area contributed by atoms with Crippen LogP contribution in [0.2, 0.25) is 0 Å². The molecule has 3 heterocycles. The fourth-order valence-corrected chi connectivity index (χ4v) is 9.32. The van der Waals surface area contributed by atoms with Crippen LogP contribution in [0.3, 0.4) is 0 Å². The summed E-state index contributed by atoms with van der Waals surface area (Å²) in [5.74, 6) is 0. The van der Waals surface area contributed by atoms with Crippen LogP contribution in [-0.2, 0) is 91.7 Å². The van der Waals surface area contributed by atoms with Crippen LogP contribution >= 0.6 is 0 Å². The molecule has 0 N–H and O–H groups in total. The maximum Gasteiger partial charge on any atom is 0.187 e. The Morgan fingerprint density at radius 3 is 1.21 bits per heavy atom. The van der Waals surface area contributed by atoms with Crippen molar-refractivity contribution in [1.82, 2.24) is 0 Å². The summed E-state index contributed by atoms with van der Waals surface area (Å²) >= 11 is 0. The number of benzene rings is 7. The van der Waals surface area contributed by atoms with E-state index in [1.54, 1.807) is 0 Å². The Hall–Kier alpha value is -5.90. The molecule has 3 aliphatic rings. The fourth-order valence-electron chi connectivity index (χ4n) is 9.32. The molecule has 10 rings (SSSR count). The van der Waals surface area contributed by atoms with E-state index in [1.807, 2.05) is 212 Å². The van der Waals surface area contributed by atoms with Crippen molar-refractivity contribution >= 4 is 0 Å². The standard InChI is InChI=1S/C61H62O11/c1-8-22-44(23-9-1)36-62-42-51-53(63-37-45-24-10-2-11-25-45)56(58(66-40-48-30-16-5-17-31-48)60(69-51)67-41-49-32-18-6-19-33-49)72-61-57(65-39-47-28-14-4-15-29-47)55(64-38-46-26-12-3-13-27-46)54-52(70-61)43-68-59(71-54)50-34-20-7-21-35-50/h1-35,51-61H,36-43H2/t51-,52-,53-,54-,55+,56+,57+,58-,59?,60+,61+/m1/s1. The predicted octanol–water partition coefficient (Wildman–Crippen LogP) is 10.7. The summed E-state index contributed by atoms with van der Waals surface area (Å²) in [6.07, 6.45) is -8.66. The van der Waals surface area contributed by atoms with Crippen molar-refractivity contribution in [2.24, 2.45) is 0 Å². The summed E-state index contributed by atoms with van der Waals surface area (Å²) < 4.78 is 76.5. The minimum Gasteiger partial charge on any atom is -0.374 e. The highest BCUT2D eigenvalue weighted by atomic mass is 16.8. The van der Waals surface area contributed by atoms with Gasteiger partial charge in [0.05, 0.1) is 52.9 Å². The molecule has 11 heteroatoms. The number of rotatable bonds is 22. The first-order valence-corrected chi connectivity index (χ1v) is 24.9. The number of ether oxygens (including phenoxy) is 11. The van der Waals surface area contributed by atoms with E-state index in [4.69, 9.17) is 52.1 Å². The third-order valence-corrected chi connectivity index (χ3v) is 13.0. The summed E-state index contributed by atoms with van der Waals surface area (Å²) in [6.45, 7) is 1.97. The first kappa shape index (κ1) is 49.7. The van der Waals surface area contributed by atoms with Gasteiger partial charge in [-0.3, -0.25) is 0 Å². The van der Waals surface area contributed by atoms with E-state index in [-0.39, 0.29) is 46.2 Å². The molecule has 0 amide bonds. The van der Waals surface area contributed by atoms with Crippen LogP contribution in [0.5, 0.6) is 0 Å². The van der Waals surface area contributed by atoms with Gasteiger partial charge in [0.2, 0.25) is 0 Å². The monoisotopic (exact) mass is 970 g/mol. The third kappa shape index (κ3) is 13.4. The van der Waals surface area contributed by atoms with Crippen molar-refractivity contribution in [3.63, 3.8) is 0 Å². The van der Waals surface area contributed by atoms with Gasteiger partial charge in [-0.25, -0.2) is 0 Å². The van der Waals surface area contributed by atoms with Gasteiger partial charge in [-0.2, -0.15) is 0 Å². The predicted molar refractivity (Wildman–Crippen MR) is 270 cm³/mol. The lowest BCUT2D eigenvalue weighted by Crippen LogP contribution is -2.67. The van der Waals surface area contributed by atoms with E-state index >= 15 is 0 Å². The normalized spacial score (nSPS) is 26.1. The van der Waals surface area contributed by atoms with E-state index in [1.165, 1.54) is 0 Å². The second-order valence-corrected chi connectivity index (χ2v) is 18.2. The molecule has 0 spiro atoms. The molecule has 0 saturated carbocycles. The Balaban J connectivity index is 1.04. The van der Waals surface area contributed by atoms with Crippen molar-refractivity contribution in [2.45, 2.75) is 107 Å². The highest BCUT2D eigenvalue weighted by Crippen LogP contribution is 2.40.